The van der Waals surface area contributed by atoms with Crippen molar-refractivity contribution in [1.29, 1.82) is 0 Å². The van der Waals surface area contributed by atoms with E-state index in [1.165, 1.54) is 5.57 Å². The number of benzene rings is 1. The number of hydrogen-bond donors (Lipinski definition) is 2. The molecule has 1 fully saturated rings. The SMILES string of the molecule is O=C(O)c1ccc(C(Br)=C2CCNCC2)cc1. The highest BCUT2D eigenvalue weighted by molar-refractivity contribution is 9.15. The second-order valence-corrected chi connectivity index (χ2v) is 4.84. The Hall–Kier alpha value is -1.13. The zero-order valence-electron chi connectivity index (χ0n) is 9.37. The van der Waals surface area contributed by atoms with E-state index >= 15 is 0 Å². The summed E-state index contributed by atoms with van der Waals surface area (Å²) < 4.78 is 1.11. The molecule has 0 amide bonds. The lowest BCUT2D eigenvalue weighted by Gasteiger charge is -2.17. The minimum atomic E-state index is -0.887. The van der Waals surface area contributed by atoms with E-state index in [-0.39, 0.29) is 0 Å². The second-order valence-electron chi connectivity index (χ2n) is 4.05. The molecule has 2 rings (SSSR count). The Balaban J connectivity index is 2.24. The number of aromatic carboxylic acids is 1. The van der Waals surface area contributed by atoms with E-state index < -0.39 is 5.97 Å². The van der Waals surface area contributed by atoms with E-state index in [1.807, 2.05) is 12.1 Å². The minimum Gasteiger partial charge on any atom is -0.478 e. The smallest absolute Gasteiger partial charge is 0.335 e. The Bertz CT molecular complexity index is 443. The van der Waals surface area contributed by atoms with Crippen LogP contribution in [-0.4, -0.2) is 24.2 Å². The molecule has 90 valence electrons. The van der Waals surface area contributed by atoms with Crippen molar-refractivity contribution in [3.63, 3.8) is 0 Å². The van der Waals surface area contributed by atoms with Gasteiger partial charge in [0, 0.05) is 4.48 Å². The van der Waals surface area contributed by atoms with Crippen molar-refractivity contribution in [1.82, 2.24) is 5.32 Å². The number of carbonyl (C=O) groups is 1. The predicted molar refractivity (Wildman–Crippen MR) is 71.4 cm³/mol. The zero-order valence-corrected chi connectivity index (χ0v) is 11.0. The quantitative estimate of drug-likeness (QED) is 0.882. The van der Waals surface area contributed by atoms with Crippen LogP contribution >= 0.6 is 15.9 Å². The monoisotopic (exact) mass is 295 g/mol. The number of halogens is 1. The zero-order chi connectivity index (χ0) is 12.3. The molecule has 0 unspecified atom stereocenters. The number of carboxylic acid groups (broad SMARTS) is 1. The van der Waals surface area contributed by atoms with Gasteiger partial charge in [0.15, 0.2) is 0 Å². The summed E-state index contributed by atoms with van der Waals surface area (Å²) in [5, 5.41) is 12.1. The maximum Gasteiger partial charge on any atom is 0.335 e. The molecule has 0 bridgehead atoms. The average Bonchev–Trinajstić information content (AvgIpc) is 2.39. The first-order chi connectivity index (χ1) is 8.18. The lowest BCUT2D eigenvalue weighted by Crippen LogP contribution is -2.23. The molecule has 0 radical (unpaired) electrons. The van der Waals surface area contributed by atoms with E-state index in [2.05, 4.69) is 21.2 Å². The van der Waals surface area contributed by atoms with Crippen LogP contribution in [0.2, 0.25) is 0 Å². The number of rotatable bonds is 2. The van der Waals surface area contributed by atoms with Crippen molar-refractivity contribution in [2.45, 2.75) is 12.8 Å². The molecule has 3 nitrogen and oxygen atoms in total. The van der Waals surface area contributed by atoms with Gasteiger partial charge in [-0.15, -0.1) is 0 Å². The lowest BCUT2D eigenvalue weighted by molar-refractivity contribution is 0.0697. The fourth-order valence-corrected chi connectivity index (χ4v) is 2.57. The third-order valence-electron chi connectivity index (χ3n) is 2.90. The lowest BCUT2D eigenvalue weighted by atomic mass is 10.0. The van der Waals surface area contributed by atoms with Gasteiger partial charge in [-0.1, -0.05) is 33.6 Å². The highest BCUT2D eigenvalue weighted by atomic mass is 79.9. The fraction of sp³-hybridized carbons (Fsp3) is 0.308. The van der Waals surface area contributed by atoms with Gasteiger partial charge in [-0.2, -0.15) is 0 Å². The summed E-state index contributed by atoms with van der Waals surface area (Å²) in [7, 11) is 0. The average molecular weight is 296 g/mol. The van der Waals surface area contributed by atoms with E-state index in [1.54, 1.807) is 12.1 Å². The van der Waals surface area contributed by atoms with Crippen LogP contribution < -0.4 is 5.32 Å². The Labute approximate surface area is 109 Å². The first-order valence-electron chi connectivity index (χ1n) is 5.60. The topological polar surface area (TPSA) is 49.3 Å². The molecule has 0 aromatic heterocycles. The number of nitrogens with one attached hydrogen (secondary N) is 1. The Morgan fingerprint density at radius 1 is 1.12 bits per heavy atom. The van der Waals surface area contributed by atoms with Crippen LogP contribution in [0, 0.1) is 0 Å². The number of carboxylic acids is 1. The van der Waals surface area contributed by atoms with Gasteiger partial charge in [0.2, 0.25) is 0 Å². The van der Waals surface area contributed by atoms with Crippen LogP contribution in [0.5, 0.6) is 0 Å². The van der Waals surface area contributed by atoms with E-state index in [0.29, 0.717) is 5.56 Å². The van der Waals surface area contributed by atoms with Gasteiger partial charge in [0.1, 0.15) is 0 Å². The van der Waals surface area contributed by atoms with Crippen molar-refractivity contribution in [2.24, 2.45) is 0 Å². The maximum atomic E-state index is 10.8. The van der Waals surface area contributed by atoms with Crippen molar-refractivity contribution in [2.75, 3.05) is 13.1 Å². The Morgan fingerprint density at radius 2 is 1.65 bits per heavy atom. The number of piperidine rings is 1. The fourth-order valence-electron chi connectivity index (χ4n) is 1.91. The molecule has 0 atom stereocenters. The molecule has 0 saturated carbocycles. The molecule has 4 heteroatoms. The molecule has 1 aromatic carbocycles. The summed E-state index contributed by atoms with van der Waals surface area (Å²) in [4.78, 5) is 10.8. The van der Waals surface area contributed by atoms with Crippen LogP contribution in [0.1, 0.15) is 28.8 Å². The van der Waals surface area contributed by atoms with E-state index in [9.17, 15) is 4.79 Å². The van der Waals surface area contributed by atoms with E-state index in [0.717, 1.165) is 36.0 Å². The standard InChI is InChI=1S/C13H14BrNO2/c14-12(10-5-7-15-8-6-10)9-1-3-11(4-2-9)13(16)17/h1-4,15H,5-8H2,(H,16,17). The molecule has 2 N–H and O–H groups in total. The molecular weight excluding hydrogens is 282 g/mol. The van der Waals surface area contributed by atoms with Gasteiger partial charge >= 0.3 is 5.97 Å². The van der Waals surface area contributed by atoms with Crippen molar-refractivity contribution >= 4 is 26.4 Å². The molecule has 1 aliphatic rings. The van der Waals surface area contributed by atoms with Crippen LogP contribution in [0.4, 0.5) is 0 Å². The summed E-state index contributed by atoms with van der Waals surface area (Å²) in [6.45, 7) is 2.02. The molecule has 1 aliphatic heterocycles. The Kier molecular flexibility index (Phi) is 3.97. The van der Waals surface area contributed by atoms with Gasteiger partial charge in [-0.05, 0) is 43.6 Å². The van der Waals surface area contributed by atoms with Crippen molar-refractivity contribution in [3.05, 3.63) is 41.0 Å². The molecule has 0 spiro atoms. The summed E-state index contributed by atoms with van der Waals surface area (Å²) in [6, 6.07) is 6.98. The van der Waals surface area contributed by atoms with Crippen molar-refractivity contribution < 1.29 is 9.90 Å². The first kappa shape index (κ1) is 12.3. The minimum absolute atomic E-state index is 0.323. The molecule has 1 saturated heterocycles. The molecular formula is C13H14BrNO2. The van der Waals surface area contributed by atoms with Gasteiger partial charge in [-0.3, -0.25) is 0 Å². The van der Waals surface area contributed by atoms with Gasteiger partial charge in [-0.25, -0.2) is 4.79 Å². The summed E-state index contributed by atoms with van der Waals surface area (Å²) in [6.07, 6.45) is 2.09. The predicted octanol–water partition coefficient (Wildman–Crippen LogP) is 2.87. The highest BCUT2D eigenvalue weighted by Gasteiger charge is 2.11. The van der Waals surface area contributed by atoms with E-state index in [4.69, 9.17) is 5.11 Å². The summed E-state index contributed by atoms with van der Waals surface area (Å²) in [5.41, 5.74) is 2.77. The second kappa shape index (κ2) is 5.47. The summed E-state index contributed by atoms with van der Waals surface area (Å²) in [5.74, 6) is -0.887. The van der Waals surface area contributed by atoms with Gasteiger partial charge in [0.05, 0.1) is 5.56 Å². The van der Waals surface area contributed by atoms with Crippen LogP contribution in [0.15, 0.2) is 29.8 Å². The Morgan fingerprint density at radius 3 is 2.18 bits per heavy atom. The van der Waals surface area contributed by atoms with Crippen LogP contribution in [0.25, 0.3) is 4.48 Å². The molecule has 1 aromatic rings. The van der Waals surface area contributed by atoms with Gasteiger partial charge < -0.3 is 10.4 Å². The highest BCUT2D eigenvalue weighted by Crippen LogP contribution is 2.29. The van der Waals surface area contributed by atoms with Gasteiger partial charge in [0.25, 0.3) is 0 Å². The van der Waals surface area contributed by atoms with Crippen LogP contribution in [0.3, 0.4) is 0 Å². The molecule has 0 aliphatic carbocycles. The largest absolute Gasteiger partial charge is 0.478 e. The third-order valence-corrected chi connectivity index (χ3v) is 3.92. The summed E-state index contributed by atoms with van der Waals surface area (Å²) >= 11 is 3.61. The maximum absolute atomic E-state index is 10.8. The number of hydrogen-bond acceptors (Lipinski definition) is 2. The molecule has 1 heterocycles. The normalized spacial score (nSPS) is 15.7. The van der Waals surface area contributed by atoms with Crippen LogP contribution in [-0.2, 0) is 0 Å². The third kappa shape index (κ3) is 2.96. The first-order valence-corrected chi connectivity index (χ1v) is 6.40. The van der Waals surface area contributed by atoms with Crippen molar-refractivity contribution in [3.8, 4) is 0 Å². The molecule has 17 heavy (non-hydrogen) atoms.